The normalized spacial score (nSPS) is 13.1. The van der Waals surface area contributed by atoms with Crippen LogP contribution < -0.4 is 10.0 Å². The number of aliphatic carboxylic acids is 1. The predicted octanol–water partition coefficient (Wildman–Crippen LogP) is 6.56. The molecule has 0 fully saturated rings. The van der Waals surface area contributed by atoms with Crippen molar-refractivity contribution < 1.29 is 27.9 Å². The molecule has 0 aliphatic heterocycles. The van der Waals surface area contributed by atoms with Crippen LogP contribution in [0.5, 0.6) is 0 Å². The van der Waals surface area contributed by atoms with Crippen molar-refractivity contribution in [2.45, 2.75) is 36.1 Å². The van der Waals surface area contributed by atoms with Crippen molar-refractivity contribution in [2.75, 3.05) is 13.2 Å². The SMILES string of the molecule is O=C(NCCCCC(NS(=O)(=O)c1ccc(-c2ccc(Br)cc2)cc1)C(=O)O)OCC1c2ccccc2-c2ccccc21. The Morgan fingerprint density at radius 2 is 1.37 bits per heavy atom. The van der Waals surface area contributed by atoms with Crippen LogP contribution in [0.2, 0.25) is 0 Å². The van der Waals surface area contributed by atoms with Gasteiger partial charge in [-0.1, -0.05) is 88.7 Å². The number of halogens is 1. The average molecular weight is 664 g/mol. The van der Waals surface area contributed by atoms with Crippen LogP contribution in [0.1, 0.15) is 36.3 Å². The molecule has 4 aromatic carbocycles. The third-order valence-electron chi connectivity index (χ3n) is 7.47. The van der Waals surface area contributed by atoms with Crippen LogP contribution in [-0.4, -0.2) is 44.8 Å². The summed E-state index contributed by atoms with van der Waals surface area (Å²) in [6, 6.07) is 28.8. The molecule has 1 aliphatic rings. The van der Waals surface area contributed by atoms with Crippen LogP contribution in [0.25, 0.3) is 22.3 Å². The van der Waals surface area contributed by atoms with E-state index in [9.17, 15) is 23.1 Å². The maximum atomic E-state index is 12.9. The molecule has 0 aromatic heterocycles. The summed E-state index contributed by atoms with van der Waals surface area (Å²) in [5, 5.41) is 12.3. The van der Waals surface area contributed by atoms with Crippen LogP contribution in [0.15, 0.2) is 106 Å². The van der Waals surface area contributed by atoms with Crippen LogP contribution in [0.3, 0.4) is 0 Å². The van der Waals surface area contributed by atoms with Gasteiger partial charge >= 0.3 is 12.1 Å². The second-order valence-electron chi connectivity index (χ2n) is 10.3. The number of ether oxygens (including phenoxy) is 1. The Morgan fingerprint density at radius 3 is 1.95 bits per heavy atom. The van der Waals surface area contributed by atoms with Gasteiger partial charge in [-0.2, -0.15) is 4.72 Å². The van der Waals surface area contributed by atoms with Gasteiger partial charge in [-0.3, -0.25) is 4.79 Å². The fourth-order valence-corrected chi connectivity index (χ4v) is 6.76. The highest BCUT2D eigenvalue weighted by Crippen LogP contribution is 2.44. The van der Waals surface area contributed by atoms with E-state index in [0.29, 0.717) is 12.8 Å². The fraction of sp³-hybridized carbons (Fsp3) is 0.212. The molecule has 1 atom stereocenters. The maximum Gasteiger partial charge on any atom is 0.407 e. The van der Waals surface area contributed by atoms with Gasteiger partial charge in [0.15, 0.2) is 0 Å². The maximum absolute atomic E-state index is 12.9. The van der Waals surface area contributed by atoms with Crippen molar-refractivity contribution >= 4 is 38.0 Å². The third-order valence-corrected chi connectivity index (χ3v) is 9.49. The average Bonchev–Trinajstić information content (AvgIpc) is 3.33. The van der Waals surface area contributed by atoms with Crippen LogP contribution in [0, 0.1) is 0 Å². The molecular formula is C33H31BrN2O6S. The highest BCUT2D eigenvalue weighted by molar-refractivity contribution is 9.10. The van der Waals surface area contributed by atoms with E-state index in [1.807, 2.05) is 60.7 Å². The lowest BCUT2D eigenvalue weighted by Crippen LogP contribution is -2.40. The molecule has 5 rings (SSSR count). The molecule has 1 aliphatic carbocycles. The Balaban J connectivity index is 1.07. The zero-order valence-electron chi connectivity index (χ0n) is 23.2. The molecule has 0 radical (unpaired) electrons. The van der Waals surface area contributed by atoms with Gasteiger partial charge in [-0.15, -0.1) is 0 Å². The molecule has 3 N–H and O–H groups in total. The highest BCUT2D eigenvalue weighted by atomic mass is 79.9. The zero-order valence-corrected chi connectivity index (χ0v) is 25.6. The number of carboxylic acids is 1. The van der Waals surface area contributed by atoms with Crippen LogP contribution >= 0.6 is 15.9 Å². The third kappa shape index (κ3) is 7.33. The first-order valence-electron chi connectivity index (χ1n) is 13.9. The van der Waals surface area contributed by atoms with Gasteiger partial charge in [0.1, 0.15) is 12.6 Å². The van der Waals surface area contributed by atoms with Crippen molar-refractivity contribution in [3.8, 4) is 22.3 Å². The number of fused-ring (bicyclic) bond motifs is 3. The molecule has 0 saturated heterocycles. The number of hydrogen-bond acceptors (Lipinski definition) is 5. The number of carboxylic acid groups (broad SMARTS) is 1. The van der Waals surface area contributed by atoms with Gasteiger partial charge in [0, 0.05) is 16.9 Å². The number of carbonyl (C=O) groups is 2. The Bertz CT molecular complexity index is 1660. The summed E-state index contributed by atoms with van der Waals surface area (Å²) < 4.78 is 34.6. The minimum Gasteiger partial charge on any atom is -0.480 e. The zero-order chi connectivity index (χ0) is 30.4. The minimum absolute atomic E-state index is 0.0171. The number of benzene rings is 4. The van der Waals surface area contributed by atoms with E-state index >= 15 is 0 Å². The lowest BCUT2D eigenvalue weighted by atomic mass is 9.98. The van der Waals surface area contributed by atoms with E-state index in [-0.39, 0.29) is 30.4 Å². The summed E-state index contributed by atoms with van der Waals surface area (Å²) in [6.07, 6.45) is 0.352. The molecule has 0 heterocycles. The molecule has 0 saturated carbocycles. The number of amides is 1. The topological polar surface area (TPSA) is 122 Å². The number of sulfonamides is 1. The number of rotatable bonds is 12. The smallest absolute Gasteiger partial charge is 0.407 e. The lowest BCUT2D eigenvalue weighted by Gasteiger charge is -2.16. The van der Waals surface area contributed by atoms with E-state index in [2.05, 4.69) is 38.1 Å². The summed E-state index contributed by atoms with van der Waals surface area (Å²) in [5.41, 5.74) is 6.31. The van der Waals surface area contributed by atoms with Crippen LogP contribution in [0.4, 0.5) is 4.79 Å². The van der Waals surface area contributed by atoms with Crippen molar-refractivity contribution in [1.29, 1.82) is 0 Å². The van der Waals surface area contributed by atoms with Crippen molar-refractivity contribution in [1.82, 2.24) is 10.0 Å². The van der Waals surface area contributed by atoms with E-state index in [1.54, 1.807) is 12.1 Å². The number of alkyl carbamates (subject to hydrolysis) is 1. The minimum atomic E-state index is -4.05. The molecule has 43 heavy (non-hydrogen) atoms. The standard InChI is InChI=1S/C33H31BrN2O6S/c34-24-16-12-22(13-17-24)23-14-18-25(19-15-23)43(40,41)36-31(32(37)38)11-5-6-20-35-33(39)42-21-30-28-9-3-1-7-26(28)27-8-2-4-10-29(27)30/h1-4,7-10,12-19,30-31,36H,5-6,11,20-21H2,(H,35,39)(H,37,38). The number of hydrogen-bond donors (Lipinski definition) is 3. The van der Waals surface area contributed by atoms with E-state index < -0.39 is 28.1 Å². The lowest BCUT2D eigenvalue weighted by molar-refractivity contribution is -0.139. The molecule has 1 unspecified atom stereocenters. The Hall–Kier alpha value is -3.99. The summed E-state index contributed by atoms with van der Waals surface area (Å²) in [6.45, 7) is 0.472. The van der Waals surface area contributed by atoms with E-state index in [1.165, 1.54) is 12.1 Å². The predicted molar refractivity (Wildman–Crippen MR) is 168 cm³/mol. The van der Waals surface area contributed by atoms with Gasteiger partial charge < -0.3 is 15.2 Å². The Morgan fingerprint density at radius 1 is 0.814 bits per heavy atom. The molecule has 4 aromatic rings. The second kappa shape index (κ2) is 13.5. The molecular weight excluding hydrogens is 632 g/mol. The number of unbranched alkanes of at least 4 members (excludes halogenated alkanes) is 1. The van der Waals surface area contributed by atoms with Crippen molar-refractivity contribution in [3.63, 3.8) is 0 Å². The molecule has 0 bridgehead atoms. The van der Waals surface area contributed by atoms with Gasteiger partial charge in [0.25, 0.3) is 0 Å². The summed E-state index contributed by atoms with van der Waals surface area (Å²) in [5.74, 6) is -1.31. The van der Waals surface area contributed by atoms with Crippen molar-refractivity contribution in [3.05, 3.63) is 113 Å². The molecule has 0 spiro atoms. The Kier molecular flexibility index (Phi) is 9.59. The number of carbonyl (C=O) groups excluding carboxylic acids is 1. The van der Waals surface area contributed by atoms with Gasteiger partial charge in [0.2, 0.25) is 10.0 Å². The summed E-state index contributed by atoms with van der Waals surface area (Å²) in [4.78, 5) is 24.2. The highest BCUT2D eigenvalue weighted by Gasteiger charge is 2.29. The fourth-order valence-electron chi connectivity index (χ4n) is 5.27. The van der Waals surface area contributed by atoms with Gasteiger partial charge in [0.05, 0.1) is 4.90 Å². The quantitative estimate of drug-likeness (QED) is 0.148. The number of nitrogens with one attached hydrogen (secondary N) is 2. The molecule has 1 amide bonds. The van der Waals surface area contributed by atoms with Crippen LogP contribution in [-0.2, 0) is 19.6 Å². The molecule has 222 valence electrons. The largest absolute Gasteiger partial charge is 0.480 e. The summed E-state index contributed by atoms with van der Waals surface area (Å²) >= 11 is 3.39. The first-order chi connectivity index (χ1) is 20.7. The van der Waals surface area contributed by atoms with Gasteiger partial charge in [-0.25, -0.2) is 13.2 Å². The van der Waals surface area contributed by atoms with E-state index in [0.717, 1.165) is 37.9 Å². The van der Waals surface area contributed by atoms with E-state index in [4.69, 9.17) is 4.74 Å². The first-order valence-corrected chi connectivity index (χ1v) is 16.2. The Labute approximate surface area is 259 Å². The van der Waals surface area contributed by atoms with Gasteiger partial charge in [-0.05, 0) is 76.9 Å². The summed E-state index contributed by atoms with van der Waals surface area (Å²) in [7, 11) is -4.05. The molecule has 10 heteroatoms. The monoisotopic (exact) mass is 662 g/mol. The molecule has 8 nitrogen and oxygen atoms in total. The second-order valence-corrected chi connectivity index (χ2v) is 12.9. The first kappa shape index (κ1) is 30.5. The van der Waals surface area contributed by atoms with Crippen molar-refractivity contribution in [2.24, 2.45) is 0 Å².